The summed E-state index contributed by atoms with van der Waals surface area (Å²) < 4.78 is 5.29. The summed E-state index contributed by atoms with van der Waals surface area (Å²) in [6.45, 7) is 2.07. The highest BCUT2D eigenvalue weighted by Crippen LogP contribution is 2.31. The second-order valence-corrected chi connectivity index (χ2v) is 4.02. The van der Waals surface area contributed by atoms with Crippen LogP contribution in [0.3, 0.4) is 0 Å². The van der Waals surface area contributed by atoms with Gasteiger partial charge < -0.3 is 4.74 Å². The molecule has 3 heteroatoms. The summed E-state index contributed by atoms with van der Waals surface area (Å²) in [5.74, 6) is 0.876. The molecule has 0 saturated carbocycles. The van der Waals surface area contributed by atoms with E-state index in [9.17, 15) is 0 Å². The van der Waals surface area contributed by atoms with Gasteiger partial charge >= 0.3 is 0 Å². The number of aryl methyl sites for hydroxylation is 1. The molecule has 2 rings (SSSR count). The van der Waals surface area contributed by atoms with Gasteiger partial charge in [0.25, 0.3) is 0 Å². The molecule has 0 aliphatic carbocycles. The molecule has 2 nitrogen and oxygen atoms in total. The first-order valence-electron chi connectivity index (χ1n) is 4.36. The molecule has 0 spiro atoms. The lowest BCUT2D eigenvalue weighted by molar-refractivity contribution is 0.416. The number of thiazole rings is 1. The minimum Gasteiger partial charge on any atom is -0.496 e. The van der Waals surface area contributed by atoms with Crippen molar-refractivity contribution in [3.8, 4) is 17.0 Å². The van der Waals surface area contributed by atoms with E-state index in [2.05, 4.69) is 11.9 Å². The molecule has 0 fully saturated rings. The molecule has 0 aliphatic rings. The SMILES string of the molecule is COc1ccccc1-c1ncsc1C. The summed E-state index contributed by atoms with van der Waals surface area (Å²) in [5.41, 5.74) is 3.94. The Morgan fingerprint density at radius 1 is 1.29 bits per heavy atom. The first-order valence-corrected chi connectivity index (χ1v) is 5.24. The van der Waals surface area contributed by atoms with Crippen LogP contribution in [0.2, 0.25) is 0 Å². The van der Waals surface area contributed by atoms with Gasteiger partial charge in [0.2, 0.25) is 0 Å². The smallest absolute Gasteiger partial charge is 0.128 e. The van der Waals surface area contributed by atoms with E-state index >= 15 is 0 Å². The lowest BCUT2D eigenvalue weighted by Gasteiger charge is -2.05. The van der Waals surface area contributed by atoms with Gasteiger partial charge in [0, 0.05) is 10.4 Å². The Balaban J connectivity index is 2.56. The zero-order valence-electron chi connectivity index (χ0n) is 8.15. The van der Waals surface area contributed by atoms with Crippen molar-refractivity contribution in [1.82, 2.24) is 4.98 Å². The topological polar surface area (TPSA) is 22.1 Å². The molecule has 1 aromatic carbocycles. The number of ether oxygens (including phenoxy) is 1. The molecule has 0 saturated heterocycles. The van der Waals surface area contributed by atoms with Crippen LogP contribution < -0.4 is 4.74 Å². The van der Waals surface area contributed by atoms with Gasteiger partial charge in [-0.15, -0.1) is 11.3 Å². The highest BCUT2D eigenvalue weighted by molar-refractivity contribution is 7.10. The van der Waals surface area contributed by atoms with Crippen LogP contribution in [0.15, 0.2) is 29.8 Å². The number of benzene rings is 1. The first kappa shape index (κ1) is 9.21. The van der Waals surface area contributed by atoms with E-state index in [1.807, 2.05) is 29.8 Å². The Morgan fingerprint density at radius 2 is 2.07 bits per heavy atom. The van der Waals surface area contributed by atoms with Gasteiger partial charge in [-0.2, -0.15) is 0 Å². The van der Waals surface area contributed by atoms with E-state index in [0.717, 1.165) is 17.0 Å². The van der Waals surface area contributed by atoms with Crippen molar-refractivity contribution in [1.29, 1.82) is 0 Å². The van der Waals surface area contributed by atoms with Crippen molar-refractivity contribution < 1.29 is 4.74 Å². The largest absolute Gasteiger partial charge is 0.496 e. The van der Waals surface area contributed by atoms with Crippen LogP contribution in [0, 0.1) is 6.92 Å². The fourth-order valence-corrected chi connectivity index (χ4v) is 1.99. The average molecular weight is 205 g/mol. The first-order chi connectivity index (χ1) is 6.83. The zero-order valence-corrected chi connectivity index (χ0v) is 8.97. The summed E-state index contributed by atoms with van der Waals surface area (Å²) >= 11 is 1.65. The number of rotatable bonds is 2. The van der Waals surface area contributed by atoms with Gasteiger partial charge in [0.05, 0.1) is 18.3 Å². The van der Waals surface area contributed by atoms with Crippen LogP contribution in [-0.2, 0) is 0 Å². The predicted molar refractivity (Wildman–Crippen MR) is 58.8 cm³/mol. The fourth-order valence-electron chi connectivity index (χ4n) is 1.40. The molecule has 0 atom stereocenters. The van der Waals surface area contributed by atoms with Crippen molar-refractivity contribution >= 4 is 11.3 Å². The Hall–Kier alpha value is -1.35. The third-order valence-electron chi connectivity index (χ3n) is 2.11. The standard InChI is InChI=1S/C11H11NOS/c1-8-11(12-7-14-8)9-5-3-4-6-10(9)13-2/h3-7H,1-2H3. The number of nitrogens with zero attached hydrogens (tertiary/aromatic N) is 1. The highest BCUT2D eigenvalue weighted by atomic mass is 32.1. The van der Waals surface area contributed by atoms with Gasteiger partial charge in [0.15, 0.2) is 0 Å². The van der Waals surface area contributed by atoms with Crippen LogP contribution >= 0.6 is 11.3 Å². The lowest BCUT2D eigenvalue weighted by atomic mass is 10.1. The molecule has 1 aromatic heterocycles. The Morgan fingerprint density at radius 3 is 2.71 bits per heavy atom. The average Bonchev–Trinajstić information content (AvgIpc) is 2.64. The Kier molecular flexibility index (Phi) is 2.50. The molecule has 0 N–H and O–H groups in total. The molecular weight excluding hydrogens is 194 g/mol. The molecule has 0 bridgehead atoms. The van der Waals surface area contributed by atoms with Gasteiger partial charge in [-0.3, -0.25) is 0 Å². The van der Waals surface area contributed by atoms with Crippen LogP contribution in [0.25, 0.3) is 11.3 Å². The summed E-state index contributed by atoms with van der Waals surface area (Å²) in [6, 6.07) is 7.94. The summed E-state index contributed by atoms with van der Waals surface area (Å²) in [7, 11) is 1.68. The minimum atomic E-state index is 0.876. The Bertz CT molecular complexity index is 436. The molecule has 1 heterocycles. The molecule has 14 heavy (non-hydrogen) atoms. The van der Waals surface area contributed by atoms with E-state index in [-0.39, 0.29) is 0 Å². The Labute approximate surface area is 87.2 Å². The number of aromatic nitrogens is 1. The summed E-state index contributed by atoms with van der Waals surface area (Å²) in [4.78, 5) is 5.55. The lowest BCUT2D eigenvalue weighted by Crippen LogP contribution is -1.88. The van der Waals surface area contributed by atoms with Crippen molar-refractivity contribution in [2.45, 2.75) is 6.92 Å². The van der Waals surface area contributed by atoms with E-state index in [1.165, 1.54) is 4.88 Å². The van der Waals surface area contributed by atoms with Crippen molar-refractivity contribution in [2.75, 3.05) is 7.11 Å². The molecule has 0 aliphatic heterocycles. The molecule has 2 aromatic rings. The zero-order chi connectivity index (χ0) is 9.97. The highest BCUT2D eigenvalue weighted by Gasteiger charge is 2.09. The van der Waals surface area contributed by atoms with Gasteiger partial charge in [-0.25, -0.2) is 4.98 Å². The number of hydrogen-bond donors (Lipinski definition) is 0. The predicted octanol–water partition coefficient (Wildman–Crippen LogP) is 3.13. The molecule has 0 unspecified atom stereocenters. The van der Waals surface area contributed by atoms with Gasteiger partial charge in [-0.1, -0.05) is 12.1 Å². The van der Waals surface area contributed by atoms with Crippen molar-refractivity contribution in [3.63, 3.8) is 0 Å². The molecule has 0 radical (unpaired) electrons. The van der Waals surface area contributed by atoms with E-state index in [4.69, 9.17) is 4.74 Å². The van der Waals surface area contributed by atoms with Crippen LogP contribution in [0.1, 0.15) is 4.88 Å². The van der Waals surface area contributed by atoms with E-state index < -0.39 is 0 Å². The van der Waals surface area contributed by atoms with Crippen LogP contribution in [-0.4, -0.2) is 12.1 Å². The van der Waals surface area contributed by atoms with E-state index in [1.54, 1.807) is 18.4 Å². The number of hydrogen-bond acceptors (Lipinski definition) is 3. The van der Waals surface area contributed by atoms with Crippen molar-refractivity contribution in [2.24, 2.45) is 0 Å². The third-order valence-corrected chi connectivity index (χ3v) is 2.86. The maximum atomic E-state index is 5.29. The summed E-state index contributed by atoms with van der Waals surface area (Å²) in [6.07, 6.45) is 0. The van der Waals surface area contributed by atoms with E-state index in [0.29, 0.717) is 0 Å². The minimum absolute atomic E-state index is 0.876. The summed E-state index contributed by atoms with van der Waals surface area (Å²) in [5, 5.41) is 0. The molecule has 0 amide bonds. The maximum Gasteiger partial charge on any atom is 0.128 e. The van der Waals surface area contributed by atoms with Gasteiger partial charge in [-0.05, 0) is 19.1 Å². The maximum absolute atomic E-state index is 5.29. The monoisotopic (exact) mass is 205 g/mol. The van der Waals surface area contributed by atoms with Crippen LogP contribution in [0.4, 0.5) is 0 Å². The second kappa shape index (κ2) is 3.80. The normalized spacial score (nSPS) is 10.1. The van der Waals surface area contributed by atoms with Crippen LogP contribution in [0.5, 0.6) is 5.75 Å². The fraction of sp³-hybridized carbons (Fsp3) is 0.182. The van der Waals surface area contributed by atoms with Gasteiger partial charge in [0.1, 0.15) is 5.75 Å². The van der Waals surface area contributed by atoms with Crippen molar-refractivity contribution in [3.05, 3.63) is 34.7 Å². The third kappa shape index (κ3) is 1.51. The molecule has 72 valence electrons. The second-order valence-electron chi connectivity index (χ2n) is 2.96. The number of methoxy groups -OCH3 is 1. The number of para-hydroxylation sites is 1. The molecular formula is C11H11NOS. The quantitative estimate of drug-likeness (QED) is 0.751.